The first-order valence-corrected chi connectivity index (χ1v) is 11.1. The molecule has 0 aliphatic carbocycles. The zero-order valence-corrected chi connectivity index (χ0v) is 19.4. The van der Waals surface area contributed by atoms with Gasteiger partial charge in [-0.05, 0) is 35.4 Å². The number of hydrogen-bond acceptors (Lipinski definition) is 4. The number of carbonyl (C=O) groups excluding carboxylic acids is 2. The van der Waals surface area contributed by atoms with E-state index in [9.17, 15) is 9.59 Å². The third-order valence-electron chi connectivity index (χ3n) is 5.41. The summed E-state index contributed by atoms with van der Waals surface area (Å²) in [5.41, 5.74) is 2.69. The van der Waals surface area contributed by atoms with Gasteiger partial charge in [0.1, 0.15) is 11.8 Å². The Bertz CT molecular complexity index is 1020. The van der Waals surface area contributed by atoms with Crippen LogP contribution in [0.2, 0.25) is 0 Å². The van der Waals surface area contributed by atoms with Crippen LogP contribution in [0.4, 0.5) is 0 Å². The summed E-state index contributed by atoms with van der Waals surface area (Å²) in [5.74, 6) is 0.228. The number of amides is 2. The predicted octanol–water partition coefficient (Wildman–Crippen LogP) is 4.00. The fourth-order valence-electron chi connectivity index (χ4n) is 3.58. The van der Waals surface area contributed by atoms with Crippen LogP contribution < -0.4 is 10.1 Å². The molecule has 0 aliphatic heterocycles. The van der Waals surface area contributed by atoms with E-state index in [1.807, 2.05) is 86.6 Å². The Balaban J connectivity index is 1.88. The number of ether oxygens (including phenoxy) is 1. The van der Waals surface area contributed by atoms with E-state index in [0.29, 0.717) is 19.5 Å². The highest BCUT2D eigenvalue weighted by Crippen LogP contribution is 2.19. The zero-order chi connectivity index (χ0) is 23.6. The summed E-state index contributed by atoms with van der Waals surface area (Å²) in [5, 5.41) is 2.98. The van der Waals surface area contributed by atoms with Crippen molar-refractivity contribution < 1.29 is 14.3 Å². The van der Waals surface area contributed by atoms with Gasteiger partial charge in [-0.1, -0.05) is 62.4 Å². The minimum absolute atomic E-state index is 0.0697. The molecule has 0 aliphatic rings. The third kappa shape index (κ3) is 6.91. The first-order valence-electron chi connectivity index (χ1n) is 11.1. The van der Waals surface area contributed by atoms with E-state index >= 15 is 0 Å². The van der Waals surface area contributed by atoms with Gasteiger partial charge in [-0.2, -0.15) is 0 Å². The van der Waals surface area contributed by atoms with Gasteiger partial charge in [-0.3, -0.25) is 14.6 Å². The van der Waals surface area contributed by atoms with Crippen LogP contribution in [-0.2, 0) is 29.1 Å². The first-order chi connectivity index (χ1) is 16.0. The summed E-state index contributed by atoms with van der Waals surface area (Å²) >= 11 is 0. The molecule has 0 bridgehead atoms. The van der Waals surface area contributed by atoms with Gasteiger partial charge in [0.2, 0.25) is 11.8 Å². The molecular weight excluding hydrogens is 414 g/mol. The van der Waals surface area contributed by atoms with Gasteiger partial charge >= 0.3 is 0 Å². The van der Waals surface area contributed by atoms with Gasteiger partial charge in [0, 0.05) is 25.1 Å². The minimum atomic E-state index is -0.659. The van der Waals surface area contributed by atoms with E-state index in [-0.39, 0.29) is 17.7 Å². The van der Waals surface area contributed by atoms with Gasteiger partial charge in [-0.25, -0.2) is 0 Å². The summed E-state index contributed by atoms with van der Waals surface area (Å²) in [4.78, 5) is 32.7. The molecule has 0 radical (unpaired) electrons. The number of aromatic nitrogens is 1. The average molecular weight is 446 g/mol. The molecule has 0 spiro atoms. The van der Waals surface area contributed by atoms with Crippen LogP contribution in [-0.4, -0.2) is 34.8 Å². The van der Waals surface area contributed by atoms with E-state index in [0.717, 1.165) is 22.6 Å². The largest absolute Gasteiger partial charge is 0.497 e. The van der Waals surface area contributed by atoms with Gasteiger partial charge in [0.15, 0.2) is 0 Å². The van der Waals surface area contributed by atoms with Crippen molar-refractivity contribution >= 4 is 11.8 Å². The molecule has 0 saturated heterocycles. The van der Waals surface area contributed by atoms with Gasteiger partial charge in [0.25, 0.3) is 0 Å². The highest BCUT2D eigenvalue weighted by Gasteiger charge is 2.31. The van der Waals surface area contributed by atoms with Gasteiger partial charge < -0.3 is 15.0 Å². The minimum Gasteiger partial charge on any atom is -0.497 e. The molecule has 33 heavy (non-hydrogen) atoms. The Labute approximate surface area is 195 Å². The maximum atomic E-state index is 13.4. The lowest BCUT2D eigenvalue weighted by Crippen LogP contribution is -2.51. The molecule has 3 rings (SSSR count). The standard InChI is InChI=1S/C27H31N3O3/c1-20(2)27(32)30(19-22-12-14-24(33-3)15-13-22)25(17-21-9-5-4-6-10-21)26(31)29-18-23-11-7-8-16-28-23/h4-16,20,25H,17-19H2,1-3H3,(H,29,31)/t25-/m1/s1. The van der Waals surface area contributed by atoms with Crippen LogP contribution in [0.25, 0.3) is 0 Å². The summed E-state index contributed by atoms with van der Waals surface area (Å²) in [6.07, 6.45) is 2.12. The molecule has 1 aromatic heterocycles. The molecule has 0 saturated carbocycles. The second-order valence-electron chi connectivity index (χ2n) is 8.21. The smallest absolute Gasteiger partial charge is 0.243 e. The molecule has 1 heterocycles. The summed E-state index contributed by atoms with van der Waals surface area (Å²) < 4.78 is 5.25. The van der Waals surface area contributed by atoms with E-state index in [1.165, 1.54) is 0 Å². The van der Waals surface area contributed by atoms with Crippen molar-refractivity contribution in [3.63, 3.8) is 0 Å². The number of nitrogens with one attached hydrogen (secondary N) is 1. The molecule has 172 valence electrons. The van der Waals surface area contributed by atoms with Crippen molar-refractivity contribution in [2.24, 2.45) is 5.92 Å². The Morgan fingerprint density at radius 2 is 1.64 bits per heavy atom. The number of carbonyl (C=O) groups is 2. The third-order valence-corrected chi connectivity index (χ3v) is 5.41. The molecule has 1 N–H and O–H groups in total. The molecule has 0 fully saturated rings. The van der Waals surface area contributed by atoms with Crippen molar-refractivity contribution in [3.05, 3.63) is 95.8 Å². The Kier molecular flexibility index (Phi) is 8.58. The summed E-state index contributed by atoms with van der Waals surface area (Å²) in [7, 11) is 1.62. The van der Waals surface area contributed by atoms with Crippen molar-refractivity contribution in [3.8, 4) is 5.75 Å². The normalized spacial score (nSPS) is 11.6. The van der Waals surface area contributed by atoms with Crippen LogP contribution >= 0.6 is 0 Å². The van der Waals surface area contributed by atoms with E-state index < -0.39 is 6.04 Å². The van der Waals surface area contributed by atoms with E-state index in [1.54, 1.807) is 18.2 Å². The number of hydrogen-bond donors (Lipinski definition) is 1. The van der Waals surface area contributed by atoms with E-state index in [2.05, 4.69) is 10.3 Å². The molecule has 2 amide bonds. The van der Waals surface area contributed by atoms with Crippen molar-refractivity contribution in [1.82, 2.24) is 15.2 Å². The lowest BCUT2D eigenvalue weighted by atomic mass is 10.0. The lowest BCUT2D eigenvalue weighted by Gasteiger charge is -2.32. The molecule has 2 aromatic carbocycles. The van der Waals surface area contributed by atoms with Gasteiger partial charge in [0.05, 0.1) is 19.3 Å². The van der Waals surface area contributed by atoms with Crippen molar-refractivity contribution in [2.45, 2.75) is 39.4 Å². The van der Waals surface area contributed by atoms with Crippen LogP contribution in [0.3, 0.4) is 0 Å². The quantitative estimate of drug-likeness (QED) is 0.512. The molecular formula is C27H31N3O3. The maximum Gasteiger partial charge on any atom is 0.243 e. The highest BCUT2D eigenvalue weighted by molar-refractivity contribution is 5.88. The van der Waals surface area contributed by atoms with Gasteiger partial charge in [-0.15, -0.1) is 0 Å². The monoisotopic (exact) mass is 445 g/mol. The molecule has 6 heteroatoms. The number of pyridine rings is 1. The fraction of sp³-hybridized carbons (Fsp3) is 0.296. The van der Waals surface area contributed by atoms with Crippen molar-refractivity contribution in [2.75, 3.05) is 7.11 Å². The molecule has 1 atom stereocenters. The SMILES string of the molecule is COc1ccc(CN(C(=O)C(C)C)[C@H](Cc2ccccc2)C(=O)NCc2ccccn2)cc1. The summed E-state index contributed by atoms with van der Waals surface area (Å²) in [6.45, 7) is 4.34. The topological polar surface area (TPSA) is 71.5 Å². The first kappa shape index (κ1) is 24.0. The Hall–Kier alpha value is -3.67. The second kappa shape index (κ2) is 11.8. The number of methoxy groups -OCH3 is 1. The fourth-order valence-corrected chi connectivity index (χ4v) is 3.58. The highest BCUT2D eigenvalue weighted by atomic mass is 16.5. The van der Waals surface area contributed by atoms with E-state index in [4.69, 9.17) is 4.74 Å². The average Bonchev–Trinajstić information content (AvgIpc) is 2.85. The molecule has 0 unspecified atom stereocenters. The molecule has 6 nitrogen and oxygen atoms in total. The van der Waals surface area contributed by atoms with Crippen LogP contribution in [0.1, 0.15) is 30.7 Å². The number of benzene rings is 2. The lowest BCUT2D eigenvalue weighted by molar-refractivity contribution is -0.143. The Morgan fingerprint density at radius 3 is 2.24 bits per heavy atom. The summed E-state index contributed by atoms with van der Waals surface area (Å²) in [6, 6.07) is 22.3. The second-order valence-corrected chi connectivity index (χ2v) is 8.21. The predicted molar refractivity (Wildman–Crippen MR) is 128 cm³/mol. The van der Waals surface area contributed by atoms with Crippen LogP contribution in [0, 0.1) is 5.92 Å². The number of nitrogens with zero attached hydrogens (tertiary/aromatic N) is 2. The zero-order valence-electron chi connectivity index (χ0n) is 19.4. The maximum absolute atomic E-state index is 13.4. The van der Waals surface area contributed by atoms with Crippen molar-refractivity contribution in [1.29, 1.82) is 0 Å². The molecule has 3 aromatic rings. The van der Waals surface area contributed by atoms with Crippen LogP contribution in [0.5, 0.6) is 5.75 Å². The Morgan fingerprint density at radius 1 is 0.939 bits per heavy atom. The number of rotatable bonds is 10. The van der Waals surface area contributed by atoms with Crippen LogP contribution in [0.15, 0.2) is 79.0 Å².